The van der Waals surface area contributed by atoms with Crippen LogP contribution in [0.5, 0.6) is 0 Å². The molecule has 0 saturated heterocycles. The molecule has 0 amide bonds. The predicted molar refractivity (Wildman–Crippen MR) is 92.5 cm³/mol. The predicted octanol–water partition coefficient (Wildman–Crippen LogP) is 4.79. The summed E-state index contributed by atoms with van der Waals surface area (Å²) in [5.41, 5.74) is 3.42. The minimum absolute atomic E-state index is 0.0297. The van der Waals surface area contributed by atoms with Gasteiger partial charge in [-0.25, -0.2) is 5.21 Å². The summed E-state index contributed by atoms with van der Waals surface area (Å²) >= 11 is 0. The van der Waals surface area contributed by atoms with Crippen LogP contribution in [-0.2, 0) is 19.6 Å². The largest absolute Gasteiger partial charge is 0.216 e. The molecule has 2 nitrogen and oxygen atoms in total. The van der Waals surface area contributed by atoms with Crippen molar-refractivity contribution < 1.29 is 9.85 Å². The molecule has 23 heavy (non-hydrogen) atoms. The van der Waals surface area contributed by atoms with Gasteiger partial charge < -0.3 is 0 Å². The van der Waals surface area contributed by atoms with Crippen LogP contribution in [0.25, 0.3) is 0 Å². The highest BCUT2D eigenvalue weighted by atomic mass is 16.5. The van der Waals surface area contributed by atoms with Gasteiger partial charge in [-0.15, -0.1) is 0 Å². The number of hydrogen-bond acceptors (Lipinski definition) is 1. The molecular formula is C21H22NO+. The van der Waals surface area contributed by atoms with Crippen molar-refractivity contribution in [3.8, 4) is 0 Å². The lowest BCUT2D eigenvalue weighted by molar-refractivity contribution is -1.13. The topological polar surface area (TPSA) is 20.2 Å². The highest BCUT2D eigenvalue weighted by molar-refractivity contribution is 5.17. The van der Waals surface area contributed by atoms with Gasteiger partial charge in [-0.2, -0.15) is 4.65 Å². The van der Waals surface area contributed by atoms with E-state index in [1.165, 1.54) is 0 Å². The number of rotatable bonds is 6. The summed E-state index contributed by atoms with van der Waals surface area (Å²) in [7, 11) is 0. The molecule has 3 rings (SSSR count). The zero-order chi connectivity index (χ0) is 16.0. The molecule has 0 aliphatic heterocycles. The number of quaternary nitrogens is 1. The van der Waals surface area contributed by atoms with E-state index in [0.717, 1.165) is 16.7 Å². The second kappa shape index (κ2) is 7.23. The zero-order valence-corrected chi connectivity index (χ0v) is 13.2. The van der Waals surface area contributed by atoms with Crippen molar-refractivity contribution in [1.29, 1.82) is 0 Å². The van der Waals surface area contributed by atoms with E-state index in [4.69, 9.17) is 0 Å². The summed E-state index contributed by atoms with van der Waals surface area (Å²) in [6.07, 6.45) is 0. The van der Waals surface area contributed by atoms with Gasteiger partial charge in [0.2, 0.25) is 0 Å². The smallest absolute Gasteiger partial charge is 0.135 e. The number of benzene rings is 3. The number of nitrogens with zero attached hydrogens (tertiary/aromatic N) is 1. The first-order valence-electron chi connectivity index (χ1n) is 7.94. The molecule has 2 heteroatoms. The van der Waals surface area contributed by atoms with Gasteiger partial charge in [0.25, 0.3) is 0 Å². The molecule has 0 aliphatic carbocycles. The fourth-order valence-corrected chi connectivity index (χ4v) is 2.94. The molecular weight excluding hydrogens is 282 g/mol. The molecule has 0 heterocycles. The Bertz CT molecular complexity index is 609. The molecule has 0 spiro atoms. The first-order chi connectivity index (χ1) is 11.2. The van der Waals surface area contributed by atoms with E-state index in [2.05, 4.69) is 36.4 Å². The van der Waals surface area contributed by atoms with E-state index in [0.29, 0.717) is 19.6 Å². The third kappa shape index (κ3) is 4.52. The standard InChI is InChI=1S/C21H22NO/c23-22(16-19-10-4-1-5-11-19,17-20-12-6-2-7-13-20)18-21-14-8-3-9-15-21/h1-15,23H,16-18H2/q+1. The maximum Gasteiger partial charge on any atom is 0.135 e. The van der Waals surface area contributed by atoms with E-state index >= 15 is 0 Å². The van der Waals surface area contributed by atoms with Crippen LogP contribution in [0.15, 0.2) is 91.0 Å². The highest BCUT2D eigenvalue weighted by Gasteiger charge is 2.27. The van der Waals surface area contributed by atoms with Crippen molar-refractivity contribution in [3.63, 3.8) is 0 Å². The van der Waals surface area contributed by atoms with E-state index in [-0.39, 0.29) is 4.65 Å². The van der Waals surface area contributed by atoms with Crippen LogP contribution in [0, 0.1) is 0 Å². The van der Waals surface area contributed by atoms with Crippen LogP contribution in [0.1, 0.15) is 16.7 Å². The Labute approximate surface area is 137 Å². The summed E-state index contributed by atoms with van der Waals surface area (Å²) in [5, 5.41) is 11.3. The van der Waals surface area contributed by atoms with Crippen LogP contribution >= 0.6 is 0 Å². The van der Waals surface area contributed by atoms with Crippen LogP contribution in [0.3, 0.4) is 0 Å². The maximum atomic E-state index is 11.3. The lowest BCUT2D eigenvalue weighted by atomic mass is 10.1. The quantitative estimate of drug-likeness (QED) is 0.512. The van der Waals surface area contributed by atoms with Gasteiger partial charge in [-0.1, -0.05) is 91.0 Å². The van der Waals surface area contributed by atoms with Crippen molar-refractivity contribution >= 4 is 0 Å². The molecule has 3 aromatic carbocycles. The average molecular weight is 304 g/mol. The minimum Gasteiger partial charge on any atom is -0.216 e. The summed E-state index contributed by atoms with van der Waals surface area (Å²) in [4.78, 5) is 0. The monoisotopic (exact) mass is 304 g/mol. The SMILES string of the molecule is O[N+](Cc1ccccc1)(Cc1ccccc1)Cc1ccccc1. The first-order valence-corrected chi connectivity index (χ1v) is 7.94. The Hall–Kier alpha value is -2.42. The molecule has 0 unspecified atom stereocenters. The van der Waals surface area contributed by atoms with Gasteiger partial charge in [0.1, 0.15) is 19.6 Å². The van der Waals surface area contributed by atoms with Crippen molar-refractivity contribution in [1.82, 2.24) is 0 Å². The van der Waals surface area contributed by atoms with Gasteiger partial charge in [0.15, 0.2) is 0 Å². The Morgan fingerprint density at radius 2 is 0.739 bits per heavy atom. The third-order valence-electron chi connectivity index (χ3n) is 3.96. The molecule has 0 fully saturated rings. The molecule has 0 aliphatic rings. The van der Waals surface area contributed by atoms with Crippen LogP contribution < -0.4 is 0 Å². The van der Waals surface area contributed by atoms with Crippen molar-refractivity contribution in [2.45, 2.75) is 19.6 Å². The molecule has 0 bridgehead atoms. The second-order valence-electron chi connectivity index (χ2n) is 6.03. The Morgan fingerprint density at radius 3 is 1.00 bits per heavy atom. The van der Waals surface area contributed by atoms with E-state index in [9.17, 15) is 5.21 Å². The lowest BCUT2D eigenvalue weighted by Crippen LogP contribution is -2.42. The van der Waals surface area contributed by atoms with Crippen LogP contribution in [0.4, 0.5) is 0 Å². The van der Waals surface area contributed by atoms with E-state index in [1.807, 2.05) is 54.6 Å². The lowest BCUT2D eigenvalue weighted by Gasteiger charge is -2.30. The highest BCUT2D eigenvalue weighted by Crippen LogP contribution is 2.21. The van der Waals surface area contributed by atoms with Gasteiger partial charge in [0.05, 0.1) is 0 Å². The molecule has 0 atom stereocenters. The van der Waals surface area contributed by atoms with Gasteiger partial charge in [-0.05, 0) is 0 Å². The van der Waals surface area contributed by atoms with E-state index < -0.39 is 0 Å². The van der Waals surface area contributed by atoms with Gasteiger partial charge in [0, 0.05) is 16.7 Å². The van der Waals surface area contributed by atoms with Crippen LogP contribution in [-0.4, -0.2) is 9.85 Å². The molecule has 0 radical (unpaired) electrons. The molecule has 3 aromatic rings. The minimum atomic E-state index is -0.0297. The Morgan fingerprint density at radius 1 is 0.478 bits per heavy atom. The van der Waals surface area contributed by atoms with Crippen molar-refractivity contribution in [3.05, 3.63) is 108 Å². The second-order valence-corrected chi connectivity index (χ2v) is 6.03. The van der Waals surface area contributed by atoms with Crippen molar-refractivity contribution in [2.75, 3.05) is 0 Å². The molecule has 1 N–H and O–H groups in total. The van der Waals surface area contributed by atoms with Crippen LogP contribution in [0.2, 0.25) is 0 Å². The molecule has 0 aromatic heterocycles. The molecule has 116 valence electrons. The zero-order valence-electron chi connectivity index (χ0n) is 13.2. The van der Waals surface area contributed by atoms with Gasteiger partial charge >= 0.3 is 0 Å². The summed E-state index contributed by atoms with van der Waals surface area (Å²) in [6.45, 7) is 1.76. The van der Waals surface area contributed by atoms with Crippen molar-refractivity contribution in [2.24, 2.45) is 0 Å². The first kappa shape index (κ1) is 15.5. The summed E-state index contributed by atoms with van der Waals surface area (Å²) in [5.74, 6) is 0. The van der Waals surface area contributed by atoms with E-state index in [1.54, 1.807) is 0 Å². The third-order valence-corrected chi connectivity index (χ3v) is 3.96. The molecule has 0 saturated carbocycles. The summed E-state index contributed by atoms with van der Waals surface area (Å²) in [6, 6.07) is 30.5. The maximum absolute atomic E-state index is 11.3. The Kier molecular flexibility index (Phi) is 4.86. The Balaban J connectivity index is 1.85. The fourth-order valence-electron chi connectivity index (χ4n) is 2.94. The fraction of sp³-hybridized carbons (Fsp3) is 0.143. The number of hydrogen-bond donors (Lipinski definition) is 1. The normalized spacial score (nSPS) is 11.3. The number of hydroxylamine groups is 3. The summed E-state index contributed by atoms with van der Waals surface area (Å²) < 4.78 is -0.0297. The van der Waals surface area contributed by atoms with Gasteiger partial charge in [-0.3, -0.25) is 0 Å². The average Bonchev–Trinajstić information content (AvgIpc) is 2.57.